The number of quaternary nitrogens is 1. The molecule has 0 fully saturated rings. The van der Waals surface area contributed by atoms with E-state index in [0.717, 1.165) is 23.7 Å². The lowest BCUT2D eigenvalue weighted by Gasteiger charge is -2.23. The van der Waals surface area contributed by atoms with Gasteiger partial charge in [-0.15, -0.1) is 0 Å². The predicted octanol–water partition coefficient (Wildman–Crippen LogP) is 8.07. The number of nitrogens with zero attached hydrogens (tertiary/aromatic N) is 1. The molecule has 0 radical (unpaired) electrons. The van der Waals surface area contributed by atoms with E-state index in [2.05, 4.69) is 35.0 Å². The van der Waals surface area contributed by atoms with Crippen LogP contribution in [0.3, 0.4) is 0 Å². The van der Waals surface area contributed by atoms with Gasteiger partial charge in [0, 0.05) is 5.75 Å². The molecule has 0 aromatic carbocycles. The minimum Gasteiger partial charge on any atom is -0.748 e. The first-order chi connectivity index (χ1) is 15.1. The van der Waals surface area contributed by atoms with Crippen LogP contribution in [-0.2, 0) is 10.1 Å². The van der Waals surface area contributed by atoms with Crippen molar-refractivity contribution in [2.45, 2.75) is 142 Å². The van der Waals surface area contributed by atoms with Crippen LogP contribution in [0.1, 0.15) is 142 Å². The fourth-order valence-electron chi connectivity index (χ4n) is 3.84. The van der Waals surface area contributed by atoms with Gasteiger partial charge in [0.25, 0.3) is 0 Å². The predicted molar refractivity (Wildman–Crippen MR) is 141 cm³/mol. The molecule has 4 nitrogen and oxygen atoms in total. The van der Waals surface area contributed by atoms with Crippen LogP contribution >= 0.6 is 0 Å². The Balaban J connectivity index is 0. The summed E-state index contributed by atoms with van der Waals surface area (Å²) in [6.07, 6.45) is 26.3. The molecule has 0 spiro atoms. The average Bonchev–Trinajstić information content (AvgIpc) is 2.70. The van der Waals surface area contributed by atoms with Gasteiger partial charge in [-0.2, -0.15) is 0 Å². The lowest BCUT2D eigenvalue weighted by atomic mass is 10.0. The third-order valence-corrected chi connectivity index (χ3v) is 6.72. The first-order valence-corrected chi connectivity index (χ1v) is 15.4. The summed E-state index contributed by atoms with van der Waals surface area (Å²) < 4.78 is 31.6. The average molecular weight is 478 g/mol. The molecule has 0 bridgehead atoms. The molecule has 0 N–H and O–H groups in total. The summed E-state index contributed by atoms with van der Waals surface area (Å²) in [7, 11) is 2.91. The van der Waals surface area contributed by atoms with Crippen molar-refractivity contribution >= 4 is 10.1 Å². The maximum Gasteiger partial charge on any atom is 0.0945 e. The van der Waals surface area contributed by atoms with Crippen molar-refractivity contribution in [2.24, 2.45) is 0 Å². The Morgan fingerprint density at radius 3 is 1.06 bits per heavy atom. The molecule has 0 atom stereocenters. The van der Waals surface area contributed by atoms with E-state index in [1.807, 2.05) is 0 Å². The third-order valence-electron chi connectivity index (χ3n) is 5.93. The Hall–Kier alpha value is -0.130. The third kappa shape index (κ3) is 37.2. The van der Waals surface area contributed by atoms with Gasteiger partial charge in [-0.3, -0.25) is 0 Å². The van der Waals surface area contributed by atoms with Gasteiger partial charge < -0.3 is 9.04 Å². The quantitative estimate of drug-likeness (QED) is 0.0899. The number of unbranched alkanes of at least 4 members (excludes halogenated alkanes) is 18. The van der Waals surface area contributed by atoms with Crippen LogP contribution in [-0.4, -0.2) is 50.9 Å². The fraction of sp³-hybridized carbons (Fsp3) is 1.00. The normalized spacial score (nSPS) is 11.9. The molecule has 0 aromatic rings. The zero-order valence-corrected chi connectivity index (χ0v) is 23.5. The summed E-state index contributed by atoms with van der Waals surface area (Å²) in [6, 6.07) is 0. The Morgan fingerprint density at radius 2 is 0.781 bits per heavy atom. The Bertz CT molecular complexity index is 458. The number of hydrogen-bond donors (Lipinski definition) is 0. The molecule has 0 saturated heterocycles. The topological polar surface area (TPSA) is 57.2 Å². The SMILES string of the molecule is CCCCCCCCCCCCCCCC[N+](C)(C)C.CCCCCCCCS(=O)(=O)[O-]. The summed E-state index contributed by atoms with van der Waals surface area (Å²) in [5.41, 5.74) is 0. The Morgan fingerprint density at radius 1 is 0.500 bits per heavy atom. The highest BCUT2D eigenvalue weighted by molar-refractivity contribution is 7.85. The van der Waals surface area contributed by atoms with E-state index in [9.17, 15) is 13.0 Å². The second-order valence-electron chi connectivity index (χ2n) is 10.6. The molecule has 32 heavy (non-hydrogen) atoms. The van der Waals surface area contributed by atoms with Gasteiger partial charge in [0.2, 0.25) is 0 Å². The molecule has 0 heterocycles. The molecule has 0 aliphatic heterocycles. The molecular formula is C27H59NO3S. The van der Waals surface area contributed by atoms with Gasteiger partial charge in [-0.05, 0) is 19.3 Å². The molecule has 0 amide bonds. The van der Waals surface area contributed by atoms with Crippen LogP contribution in [0.5, 0.6) is 0 Å². The monoisotopic (exact) mass is 477 g/mol. The van der Waals surface area contributed by atoms with E-state index in [0.29, 0.717) is 6.42 Å². The highest BCUT2D eigenvalue weighted by Gasteiger charge is 2.04. The van der Waals surface area contributed by atoms with Crippen LogP contribution in [0.25, 0.3) is 0 Å². The highest BCUT2D eigenvalue weighted by Crippen LogP contribution is 2.13. The van der Waals surface area contributed by atoms with Crippen LogP contribution in [0, 0.1) is 0 Å². The lowest BCUT2D eigenvalue weighted by molar-refractivity contribution is -0.870. The van der Waals surface area contributed by atoms with Crippen molar-refractivity contribution in [1.29, 1.82) is 0 Å². The Kier molecular flexibility index (Phi) is 25.5. The molecule has 0 aliphatic carbocycles. The van der Waals surface area contributed by atoms with Gasteiger partial charge in [0.05, 0.1) is 37.8 Å². The summed E-state index contributed by atoms with van der Waals surface area (Å²) in [5.74, 6) is -0.195. The van der Waals surface area contributed by atoms with Gasteiger partial charge >= 0.3 is 0 Å². The van der Waals surface area contributed by atoms with E-state index in [1.54, 1.807) is 0 Å². The van der Waals surface area contributed by atoms with Gasteiger partial charge in [-0.1, -0.05) is 123 Å². The first-order valence-electron chi connectivity index (χ1n) is 13.9. The summed E-state index contributed by atoms with van der Waals surface area (Å²) in [4.78, 5) is 0. The smallest absolute Gasteiger partial charge is 0.0945 e. The van der Waals surface area contributed by atoms with Crippen LogP contribution < -0.4 is 0 Å². The van der Waals surface area contributed by atoms with Crippen molar-refractivity contribution in [3.8, 4) is 0 Å². The first kappa shape index (κ1) is 34.0. The van der Waals surface area contributed by atoms with E-state index in [-0.39, 0.29) is 5.75 Å². The molecule has 0 aromatic heterocycles. The second-order valence-corrected chi connectivity index (χ2v) is 12.2. The van der Waals surface area contributed by atoms with Crippen molar-refractivity contribution in [1.82, 2.24) is 0 Å². The van der Waals surface area contributed by atoms with E-state index in [1.165, 1.54) is 109 Å². The second kappa shape index (κ2) is 24.0. The number of rotatable bonds is 22. The molecular weight excluding hydrogens is 418 g/mol. The van der Waals surface area contributed by atoms with Crippen molar-refractivity contribution in [3.63, 3.8) is 0 Å². The zero-order valence-electron chi connectivity index (χ0n) is 22.6. The minimum atomic E-state index is -3.97. The summed E-state index contributed by atoms with van der Waals surface area (Å²) in [5, 5.41) is 0. The van der Waals surface area contributed by atoms with Crippen molar-refractivity contribution in [3.05, 3.63) is 0 Å². The van der Waals surface area contributed by atoms with E-state index >= 15 is 0 Å². The van der Waals surface area contributed by atoms with Crippen LogP contribution in [0.15, 0.2) is 0 Å². The van der Waals surface area contributed by atoms with Crippen LogP contribution in [0.2, 0.25) is 0 Å². The maximum absolute atomic E-state index is 10.2. The fourth-order valence-corrected chi connectivity index (χ4v) is 4.40. The summed E-state index contributed by atoms with van der Waals surface area (Å²) >= 11 is 0. The van der Waals surface area contributed by atoms with Gasteiger partial charge in [-0.25, -0.2) is 8.42 Å². The van der Waals surface area contributed by atoms with E-state index in [4.69, 9.17) is 0 Å². The standard InChI is InChI=1S/C19H42N.C8H18O3S/c1-5-6-7-8-9-10-11-12-13-14-15-16-17-18-19-20(2,3)4;1-2-3-4-5-6-7-8-12(9,10)11/h5-19H2,1-4H3;2-8H2,1H3,(H,9,10,11)/q+1;/p-1. The maximum atomic E-state index is 10.2. The Labute approximate surface area is 203 Å². The van der Waals surface area contributed by atoms with Gasteiger partial charge in [0.15, 0.2) is 0 Å². The van der Waals surface area contributed by atoms with Crippen LogP contribution in [0.4, 0.5) is 0 Å². The van der Waals surface area contributed by atoms with Crippen molar-refractivity contribution < 1.29 is 17.5 Å². The number of hydrogen-bond acceptors (Lipinski definition) is 3. The molecule has 0 saturated carbocycles. The molecule has 5 heteroatoms. The van der Waals surface area contributed by atoms with E-state index < -0.39 is 10.1 Å². The molecule has 196 valence electrons. The minimum absolute atomic E-state index is 0.195. The van der Waals surface area contributed by atoms with Crippen molar-refractivity contribution in [2.75, 3.05) is 33.4 Å². The zero-order chi connectivity index (χ0) is 24.6. The largest absolute Gasteiger partial charge is 0.748 e. The molecule has 0 aliphatic rings. The molecule has 0 unspecified atom stereocenters. The summed E-state index contributed by atoms with van der Waals surface area (Å²) in [6.45, 7) is 5.75. The molecule has 0 rings (SSSR count). The van der Waals surface area contributed by atoms with Gasteiger partial charge in [0.1, 0.15) is 0 Å². The lowest BCUT2D eigenvalue weighted by Crippen LogP contribution is -2.35. The highest BCUT2D eigenvalue weighted by atomic mass is 32.2.